The first-order valence-electron chi connectivity index (χ1n) is 6.06. The Morgan fingerprint density at radius 2 is 1.75 bits per heavy atom. The molecule has 0 radical (unpaired) electrons. The molecule has 0 spiro atoms. The predicted molar refractivity (Wildman–Crippen MR) is 70.8 cm³/mol. The minimum atomic E-state index is -1.91. The maximum atomic E-state index is 13.8. The van der Waals surface area contributed by atoms with E-state index in [1.807, 2.05) is 0 Å². The topological polar surface area (TPSA) is 75.6 Å². The number of carbonyl (C=O) groups excluding carboxylic acids is 1. The fourth-order valence-corrected chi connectivity index (χ4v) is 1.61. The predicted octanol–water partition coefficient (Wildman–Crippen LogP) is 2.65. The highest BCUT2D eigenvalue weighted by molar-refractivity contribution is 5.85. The molecule has 0 heterocycles. The Hall–Kier alpha value is -2.11. The van der Waals surface area contributed by atoms with Gasteiger partial charge in [0.2, 0.25) is 0 Å². The molecule has 2 N–H and O–H groups in total. The van der Waals surface area contributed by atoms with Crippen molar-refractivity contribution in [3.05, 3.63) is 35.6 Å². The van der Waals surface area contributed by atoms with Crippen LogP contribution in [-0.2, 0) is 15.1 Å². The van der Waals surface area contributed by atoms with Gasteiger partial charge in [-0.15, -0.1) is 0 Å². The van der Waals surface area contributed by atoms with E-state index in [0.717, 1.165) is 6.07 Å². The van der Waals surface area contributed by atoms with E-state index < -0.39 is 29.0 Å². The molecule has 0 fully saturated rings. The summed E-state index contributed by atoms with van der Waals surface area (Å²) >= 11 is 0. The molecule has 0 bridgehead atoms. The molecule has 0 saturated carbocycles. The lowest BCUT2D eigenvalue weighted by atomic mass is 9.92. The first kappa shape index (κ1) is 15.9. The van der Waals surface area contributed by atoms with Crippen LogP contribution in [0.4, 0.5) is 9.18 Å². The summed E-state index contributed by atoms with van der Waals surface area (Å²) in [5.41, 5.74) is -2.83. The summed E-state index contributed by atoms with van der Waals surface area (Å²) in [6, 6.07) is 5.37. The van der Waals surface area contributed by atoms with E-state index >= 15 is 0 Å². The summed E-state index contributed by atoms with van der Waals surface area (Å²) in [5.74, 6) is -2.10. The molecule has 1 aromatic carbocycles. The third kappa shape index (κ3) is 3.69. The van der Waals surface area contributed by atoms with Crippen LogP contribution < -0.4 is 5.32 Å². The van der Waals surface area contributed by atoms with Crippen molar-refractivity contribution in [1.82, 2.24) is 5.32 Å². The minimum absolute atomic E-state index is 0.140. The normalized spacial score (nSPS) is 14.2. The molecule has 0 aliphatic carbocycles. The lowest BCUT2D eigenvalue weighted by molar-refractivity contribution is -0.144. The van der Waals surface area contributed by atoms with Crippen molar-refractivity contribution < 1.29 is 23.8 Å². The standard InChI is InChI=1S/C14H18FNO4/c1-13(2,3)20-12(19)16-14(4,11(17)18)9-7-5-6-8-10(9)15/h5-8H,1-4H3,(H,16,19)(H,17,18)/t14-/m0/s1. The van der Waals surface area contributed by atoms with Crippen LogP contribution in [-0.4, -0.2) is 22.8 Å². The van der Waals surface area contributed by atoms with Crippen LogP contribution in [0.5, 0.6) is 0 Å². The van der Waals surface area contributed by atoms with Gasteiger partial charge >= 0.3 is 12.1 Å². The molecule has 1 atom stereocenters. The zero-order valence-electron chi connectivity index (χ0n) is 11.9. The van der Waals surface area contributed by atoms with E-state index in [9.17, 15) is 19.1 Å². The van der Waals surface area contributed by atoms with Crippen LogP contribution in [0.2, 0.25) is 0 Å². The lowest BCUT2D eigenvalue weighted by Gasteiger charge is -2.29. The van der Waals surface area contributed by atoms with Crippen LogP contribution >= 0.6 is 0 Å². The number of carbonyl (C=O) groups is 2. The second kappa shape index (κ2) is 5.48. The monoisotopic (exact) mass is 283 g/mol. The maximum Gasteiger partial charge on any atom is 0.408 e. The summed E-state index contributed by atoms with van der Waals surface area (Å²) in [7, 11) is 0. The zero-order valence-corrected chi connectivity index (χ0v) is 11.9. The number of rotatable bonds is 3. The largest absolute Gasteiger partial charge is 0.479 e. The highest BCUT2D eigenvalue weighted by Crippen LogP contribution is 2.24. The third-order valence-electron chi connectivity index (χ3n) is 2.59. The fraction of sp³-hybridized carbons (Fsp3) is 0.429. The van der Waals surface area contributed by atoms with E-state index in [1.54, 1.807) is 20.8 Å². The van der Waals surface area contributed by atoms with Crippen molar-refractivity contribution in [2.24, 2.45) is 0 Å². The SMILES string of the molecule is CC(C)(C)OC(=O)N[C@](C)(C(=O)O)c1ccccc1F. The Kier molecular flexibility index (Phi) is 4.37. The van der Waals surface area contributed by atoms with E-state index in [4.69, 9.17) is 4.74 Å². The maximum absolute atomic E-state index is 13.8. The molecule has 0 aliphatic rings. The number of benzene rings is 1. The number of amides is 1. The second-order valence-corrected chi connectivity index (χ2v) is 5.54. The lowest BCUT2D eigenvalue weighted by Crippen LogP contribution is -2.51. The highest BCUT2D eigenvalue weighted by Gasteiger charge is 2.40. The van der Waals surface area contributed by atoms with E-state index in [-0.39, 0.29) is 5.56 Å². The molecule has 1 aromatic rings. The molecule has 110 valence electrons. The van der Waals surface area contributed by atoms with Gasteiger partial charge in [0.1, 0.15) is 11.4 Å². The van der Waals surface area contributed by atoms with E-state index in [2.05, 4.69) is 5.32 Å². The van der Waals surface area contributed by atoms with Crippen molar-refractivity contribution in [3.63, 3.8) is 0 Å². The van der Waals surface area contributed by atoms with Gasteiger partial charge < -0.3 is 15.2 Å². The molecule has 20 heavy (non-hydrogen) atoms. The Labute approximate surface area is 116 Å². The number of halogens is 1. The van der Waals surface area contributed by atoms with Gasteiger partial charge in [-0.2, -0.15) is 0 Å². The number of alkyl carbamates (subject to hydrolysis) is 1. The number of aliphatic carboxylic acids is 1. The quantitative estimate of drug-likeness (QED) is 0.894. The molecule has 1 amide bonds. The number of nitrogens with one attached hydrogen (secondary N) is 1. The first-order valence-corrected chi connectivity index (χ1v) is 6.06. The van der Waals surface area contributed by atoms with Crippen molar-refractivity contribution >= 4 is 12.1 Å². The van der Waals surface area contributed by atoms with Gasteiger partial charge in [-0.25, -0.2) is 14.0 Å². The number of ether oxygens (including phenoxy) is 1. The molecular weight excluding hydrogens is 265 g/mol. The van der Waals surface area contributed by atoms with Gasteiger partial charge in [-0.05, 0) is 33.8 Å². The average Bonchev–Trinajstić information content (AvgIpc) is 2.26. The number of hydrogen-bond acceptors (Lipinski definition) is 3. The van der Waals surface area contributed by atoms with Gasteiger partial charge in [-0.1, -0.05) is 18.2 Å². The molecule has 0 aromatic heterocycles. The van der Waals surface area contributed by atoms with Crippen LogP contribution in [0.3, 0.4) is 0 Å². The molecule has 5 nitrogen and oxygen atoms in total. The van der Waals surface area contributed by atoms with Crippen LogP contribution in [0.1, 0.15) is 33.3 Å². The van der Waals surface area contributed by atoms with Gasteiger partial charge in [-0.3, -0.25) is 0 Å². The molecule has 6 heteroatoms. The molecule has 0 aliphatic heterocycles. The van der Waals surface area contributed by atoms with Crippen LogP contribution in [0.25, 0.3) is 0 Å². The molecule has 0 saturated heterocycles. The van der Waals surface area contributed by atoms with Crippen molar-refractivity contribution in [1.29, 1.82) is 0 Å². The summed E-state index contributed by atoms with van der Waals surface area (Å²) in [5, 5.41) is 11.5. The minimum Gasteiger partial charge on any atom is -0.479 e. The highest BCUT2D eigenvalue weighted by atomic mass is 19.1. The summed E-state index contributed by atoms with van der Waals surface area (Å²) in [6.07, 6.45) is -0.925. The van der Waals surface area contributed by atoms with Crippen LogP contribution in [0.15, 0.2) is 24.3 Å². The molecular formula is C14H18FNO4. The van der Waals surface area contributed by atoms with E-state index in [1.165, 1.54) is 25.1 Å². The van der Waals surface area contributed by atoms with Crippen molar-refractivity contribution in [2.75, 3.05) is 0 Å². The Balaban J connectivity index is 3.09. The number of carboxylic acid groups (broad SMARTS) is 1. The smallest absolute Gasteiger partial charge is 0.408 e. The van der Waals surface area contributed by atoms with E-state index in [0.29, 0.717) is 0 Å². The van der Waals surface area contributed by atoms with Crippen molar-refractivity contribution in [2.45, 2.75) is 38.8 Å². The molecule has 1 rings (SSSR count). The first-order chi connectivity index (χ1) is 9.06. The molecule has 0 unspecified atom stereocenters. The number of hydrogen-bond donors (Lipinski definition) is 2. The number of carboxylic acids is 1. The van der Waals surface area contributed by atoms with Crippen LogP contribution in [0, 0.1) is 5.82 Å². The summed E-state index contributed by atoms with van der Waals surface area (Å²) in [4.78, 5) is 23.2. The zero-order chi connectivity index (χ0) is 15.6. The Morgan fingerprint density at radius 1 is 1.20 bits per heavy atom. The van der Waals surface area contributed by atoms with Gasteiger partial charge in [0.25, 0.3) is 0 Å². The third-order valence-corrected chi connectivity index (χ3v) is 2.59. The van der Waals surface area contributed by atoms with Gasteiger partial charge in [0.15, 0.2) is 5.54 Å². The Morgan fingerprint density at radius 3 is 2.20 bits per heavy atom. The summed E-state index contributed by atoms with van der Waals surface area (Å²) < 4.78 is 18.8. The average molecular weight is 283 g/mol. The fourth-order valence-electron chi connectivity index (χ4n) is 1.61. The summed E-state index contributed by atoms with van der Waals surface area (Å²) in [6.45, 7) is 6.15. The van der Waals surface area contributed by atoms with Gasteiger partial charge in [0.05, 0.1) is 0 Å². The van der Waals surface area contributed by atoms with Gasteiger partial charge in [0, 0.05) is 5.56 Å². The van der Waals surface area contributed by atoms with Crippen molar-refractivity contribution in [3.8, 4) is 0 Å². The second-order valence-electron chi connectivity index (χ2n) is 5.54. The Bertz CT molecular complexity index is 524.